The SMILES string of the molecule is CCNC(=NCC1CCCOC1c1ccccc1)N1CCC(OCC2CCCCO2)CC1. The third-order valence-electron chi connectivity index (χ3n) is 6.92. The molecule has 6 heteroatoms. The molecule has 0 amide bonds. The van der Waals surface area contributed by atoms with Crippen LogP contribution in [0.4, 0.5) is 0 Å². The van der Waals surface area contributed by atoms with Crippen molar-refractivity contribution in [1.29, 1.82) is 0 Å². The Kier molecular flexibility index (Phi) is 9.24. The molecule has 3 aliphatic rings. The van der Waals surface area contributed by atoms with Crippen molar-refractivity contribution >= 4 is 5.96 Å². The highest BCUT2D eigenvalue weighted by molar-refractivity contribution is 5.80. The molecule has 178 valence electrons. The highest BCUT2D eigenvalue weighted by atomic mass is 16.5. The standard InChI is InChI=1S/C26H41N3O3/c1-2-27-26(28-19-22-11-8-18-31-25(22)21-9-4-3-5-10-21)29-15-13-23(14-16-29)32-20-24-12-6-7-17-30-24/h3-5,9-10,22-25H,2,6-8,11-20H2,1H3,(H,27,28). The van der Waals surface area contributed by atoms with Crippen LogP contribution in [0.15, 0.2) is 35.3 Å². The summed E-state index contributed by atoms with van der Waals surface area (Å²) in [5.41, 5.74) is 1.28. The van der Waals surface area contributed by atoms with Gasteiger partial charge in [-0.3, -0.25) is 4.99 Å². The van der Waals surface area contributed by atoms with Crippen molar-refractivity contribution in [3.8, 4) is 0 Å². The molecule has 3 saturated heterocycles. The van der Waals surface area contributed by atoms with Gasteiger partial charge in [0.05, 0.1) is 24.9 Å². The normalized spacial score (nSPS) is 28.0. The van der Waals surface area contributed by atoms with Crippen molar-refractivity contribution < 1.29 is 14.2 Å². The average Bonchev–Trinajstić information content (AvgIpc) is 2.87. The summed E-state index contributed by atoms with van der Waals surface area (Å²) < 4.78 is 18.2. The molecule has 0 aromatic heterocycles. The zero-order valence-electron chi connectivity index (χ0n) is 19.7. The highest BCUT2D eigenvalue weighted by Crippen LogP contribution is 2.33. The summed E-state index contributed by atoms with van der Waals surface area (Å²) in [5.74, 6) is 1.47. The van der Waals surface area contributed by atoms with Crippen LogP contribution in [0.1, 0.15) is 63.5 Å². The van der Waals surface area contributed by atoms with Crippen molar-refractivity contribution in [2.75, 3.05) is 46.0 Å². The van der Waals surface area contributed by atoms with Crippen LogP contribution in [-0.4, -0.2) is 69.1 Å². The summed E-state index contributed by atoms with van der Waals surface area (Å²) in [6, 6.07) is 10.6. The van der Waals surface area contributed by atoms with Crippen LogP contribution in [0.25, 0.3) is 0 Å². The van der Waals surface area contributed by atoms with Gasteiger partial charge in [0.25, 0.3) is 0 Å². The van der Waals surface area contributed by atoms with Crippen molar-refractivity contribution in [2.45, 2.75) is 70.2 Å². The van der Waals surface area contributed by atoms with E-state index in [1.54, 1.807) is 0 Å². The van der Waals surface area contributed by atoms with Gasteiger partial charge in [-0.2, -0.15) is 0 Å². The number of guanidine groups is 1. The minimum atomic E-state index is 0.151. The smallest absolute Gasteiger partial charge is 0.193 e. The number of benzene rings is 1. The zero-order valence-corrected chi connectivity index (χ0v) is 19.7. The predicted molar refractivity (Wildman–Crippen MR) is 128 cm³/mol. The number of likely N-dealkylation sites (tertiary alicyclic amines) is 1. The van der Waals surface area contributed by atoms with Gasteiger partial charge in [0, 0.05) is 45.3 Å². The summed E-state index contributed by atoms with van der Waals surface area (Å²) >= 11 is 0. The molecule has 3 fully saturated rings. The highest BCUT2D eigenvalue weighted by Gasteiger charge is 2.28. The first-order valence-electron chi connectivity index (χ1n) is 12.8. The molecule has 1 N–H and O–H groups in total. The van der Waals surface area contributed by atoms with E-state index in [0.717, 1.165) is 77.6 Å². The molecule has 1 aromatic carbocycles. The maximum Gasteiger partial charge on any atom is 0.193 e. The summed E-state index contributed by atoms with van der Waals surface area (Å²) in [4.78, 5) is 7.48. The molecule has 0 saturated carbocycles. The number of piperidine rings is 1. The average molecular weight is 444 g/mol. The molecule has 3 atom stereocenters. The van der Waals surface area contributed by atoms with Gasteiger partial charge in [0.1, 0.15) is 0 Å². The third-order valence-corrected chi connectivity index (χ3v) is 6.92. The molecular formula is C26H41N3O3. The molecule has 6 nitrogen and oxygen atoms in total. The van der Waals surface area contributed by atoms with Gasteiger partial charge in [-0.25, -0.2) is 0 Å². The number of nitrogens with one attached hydrogen (secondary N) is 1. The molecule has 0 spiro atoms. The van der Waals surface area contributed by atoms with Gasteiger partial charge in [0.15, 0.2) is 5.96 Å². The minimum absolute atomic E-state index is 0.151. The summed E-state index contributed by atoms with van der Waals surface area (Å²) in [6.45, 7) is 8.31. The van der Waals surface area contributed by atoms with Crippen LogP contribution in [0, 0.1) is 5.92 Å². The fourth-order valence-electron chi connectivity index (χ4n) is 5.09. The van der Waals surface area contributed by atoms with E-state index in [9.17, 15) is 0 Å². The van der Waals surface area contributed by atoms with Gasteiger partial charge < -0.3 is 24.4 Å². The van der Waals surface area contributed by atoms with E-state index in [0.29, 0.717) is 18.1 Å². The Morgan fingerprint density at radius 3 is 2.59 bits per heavy atom. The Balaban J connectivity index is 1.29. The lowest BCUT2D eigenvalue weighted by Gasteiger charge is -2.36. The van der Waals surface area contributed by atoms with Gasteiger partial charge in [0.2, 0.25) is 0 Å². The first-order chi connectivity index (χ1) is 15.8. The monoisotopic (exact) mass is 443 g/mol. The maximum absolute atomic E-state index is 6.20. The Bertz CT molecular complexity index is 685. The van der Waals surface area contributed by atoms with E-state index < -0.39 is 0 Å². The van der Waals surface area contributed by atoms with Crippen molar-refractivity contribution in [1.82, 2.24) is 10.2 Å². The second-order valence-corrected chi connectivity index (χ2v) is 9.31. The molecule has 4 rings (SSSR count). The minimum Gasteiger partial charge on any atom is -0.376 e. The molecule has 0 aliphatic carbocycles. The number of nitrogens with zero attached hydrogens (tertiary/aromatic N) is 2. The first kappa shape index (κ1) is 23.5. The lowest BCUT2D eigenvalue weighted by Crippen LogP contribution is -2.47. The third kappa shape index (κ3) is 6.69. The van der Waals surface area contributed by atoms with E-state index in [1.165, 1.54) is 24.8 Å². The van der Waals surface area contributed by atoms with E-state index >= 15 is 0 Å². The van der Waals surface area contributed by atoms with E-state index in [-0.39, 0.29) is 6.10 Å². The van der Waals surface area contributed by atoms with Gasteiger partial charge in [-0.1, -0.05) is 30.3 Å². The largest absolute Gasteiger partial charge is 0.376 e. The first-order valence-corrected chi connectivity index (χ1v) is 12.8. The number of aliphatic imine (C=N–C) groups is 1. The molecule has 3 heterocycles. The Hall–Kier alpha value is -1.63. The molecular weight excluding hydrogens is 402 g/mol. The Labute approximate surface area is 193 Å². The van der Waals surface area contributed by atoms with E-state index in [1.807, 2.05) is 0 Å². The lowest BCUT2D eigenvalue weighted by molar-refractivity contribution is -0.0721. The number of rotatable bonds is 7. The van der Waals surface area contributed by atoms with E-state index in [2.05, 4.69) is 47.5 Å². The van der Waals surface area contributed by atoms with Crippen LogP contribution >= 0.6 is 0 Å². The topological polar surface area (TPSA) is 55.3 Å². The van der Waals surface area contributed by atoms with E-state index in [4.69, 9.17) is 19.2 Å². The van der Waals surface area contributed by atoms with Gasteiger partial charge in [-0.05, 0) is 57.4 Å². The quantitative estimate of drug-likeness (QED) is 0.506. The summed E-state index contributed by atoms with van der Waals surface area (Å²) in [6.07, 6.45) is 8.79. The molecule has 0 bridgehead atoms. The second-order valence-electron chi connectivity index (χ2n) is 9.31. The molecule has 3 aliphatic heterocycles. The van der Waals surface area contributed by atoms with Crippen LogP contribution in [-0.2, 0) is 14.2 Å². The molecule has 32 heavy (non-hydrogen) atoms. The fraction of sp³-hybridized carbons (Fsp3) is 0.731. The van der Waals surface area contributed by atoms with Crippen molar-refractivity contribution in [2.24, 2.45) is 10.9 Å². The number of hydrogen-bond donors (Lipinski definition) is 1. The van der Waals surface area contributed by atoms with Crippen LogP contribution in [0.5, 0.6) is 0 Å². The van der Waals surface area contributed by atoms with Crippen LogP contribution < -0.4 is 5.32 Å². The number of ether oxygens (including phenoxy) is 3. The van der Waals surface area contributed by atoms with Crippen molar-refractivity contribution in [3.05, 3.63) is 35.9 Å². The predicted octanol–water partition coefficient (Wildman–Crippen LogP) is 4.17. The lowest BCUT2D eigenvalue weighted by atomic mass is 9.89. The summed E-state index contributed by atoms with van der Waals surface area (Å²) in [5, 5.41) is 3.52. The molecule has 0 radical (unpaired) electrons. The summed E-state index contributed by atoms with van der Waals surface area (Å²) in [7, 11) is 0. The zero-order chi connectivity index (χ0) is 22.0. The fourth-order valence-corrected chi connectivity index (χ4v) is 5.09. The van der Waals surface area contributed by atoms with Gasteiger partial charge in [-0.15, -0.1) is 0 Å². The molecule has 1 aromatic rings. The molecule has 3 unspecified atom stereocenters. The Morgan fingerprint density at radius 1 is 1.03 bits per heavy atom. The number of hydrogen-bond acceptors (Lipinski definition) is 4. The van der Waals surface area contributed by atoms with Crippen LogP contribution in [0.2, 0.25) is 0 Å². The van der Waals surface area contributed by atoms with Gasteiger partial charge >= 0.3 is 0 Å². The van der Waals surface area contributed by atoms with Crippen LogP contribution in [0.3, 0.4) is 0 Å². The Morgan fingerprint density at radius 2 is 1.84 bits per heavy atom. The maximum atomic E-state index is 6.20. The van der Waals surface area contributed by atoms with Crippen molar-refractivity contribution in [3.63, 3.8) is 0 Å². The second kappa shape index (κ2) is 12.6.